The molecule has 1 fully saturated rings. The Bertz CT molecular complexity index is 1450. The quantitative estimate of drug-likeness (QED) is 0.232. The molecule has 1 saturated heterocycles. The highest BCUT2D eigenvalue weighted by Crippen LogP contribution is 2.45. The molecule has 3 heterocycles. The van der Waals surface area contributed by atoms with Gasteiger partial charge in [-0.25, -0.2) is 4.98 Å². The number of hydrogen-bond acceptors (Lipinski definition) is 7. The minimum Gasteiger partial charge on any atom is -0.507 e. The lowest BCUT2D eigenvalue weighted by Gasteiger charge is -2.20. The largest absolute Gasteiger partial charge is 0.507 e. The first kappa shape index (κ1) is 21.9. The summed E-state index contributed by atoms with van der Waals surface area (Å²) in [5.74, 6) is -0.103. The van der Waals surface area contributed by atoms with Gasteiger partial charge in [-0.15, -0.1) is 0 Å². The zero-order valence-electron chi connectivity index (χ0n) is 18.9. The van der Waals surface area contributed by atoms with Crippen molar-refractivity contribution in [3.63, 3.8) is 0 Å². The molecule has 4 aromatic rings. The van der Waals surface area contributed by atoms with Gasteiger partial charge >= 0.3 is 5.91 Å². The van der Waals surface area contributed by atoms with E-state index in [2.05, 4.69) is 4.98 Å². The van der Waals surface area contributed by atoms with Crippen LogP contribution in [-0.2, 0) is 9.59 Å². The molecule has 1 atom stereocenters. The number of anilines is 1. The summed E-state index contributed by atoms with van der Waals surface area (Å²) in [6.07, 6.45) is 0. The van der Waals surface area contributed by atoms with E-state index < -0.39 is 17.7 Å². The molecule has 8 heteroatoms. The van der Waals surface area contributed by atoms with Crippen molar-refractivity contribution < 1.29 is 23.8 Å². The number of thiazole rings is 1. The fourth-order valence-electron chi connectivity index (χ4n) is 4.02. The van der Waals surface area contributed by atoms with Crippen LogP contribution >= 0.6 is 11.3 Å². The van der Waals surface area contributed by atoms with E-state index in [0.29, 0.717) is 40.1 Å². The summed E-state index contributed by atoms with van der Waals surface area (Å²) in [7, 11) is 0. The van der Waals surface area contributed by atoms with Crippen molar-refractivity contribution in [1.82, 2.24) is 4.98 Å². The van der Waals surface area contributed by atoms with Gasteiger partial charge in [0, 0.05) is 5.56 Å². The maximum absolute atomic E-state index is 13.3. The zero-order valence-corrected chi connectivity index (χ0v) is 19.7. The van der Waals surface area contributed by atoms with Gasteiger partial charge < -0.3 is 14.3 Å². The van der Waals surface area contributed by atoms with E-state index in [1.54, 1.807) is 31.2 Å². The van der Waals surface area contributed by atoms with Gasteiger partial charge in [0.15, 0.2) is 5.13 Å². The number of aliphatic hydroxyl groups is 1. The molecule has 1 N–H and O–H groups in total. The summed E-state index contributed by atoms with van der Waals surface area (Å²) >= 11 is 1.27. The first-order chi connectivity index (χ1) is 16.4. The van der Waals surface area contributed by atoms with Gasteiger partial charge in [-0.2, -0.15) is 0 Å². The van der Waals surface area contributed by atoms with Crippen molar-refractivity contribution in [1.29, 1.82) is 0 Å². The second kappa shape index (κ2) is 8.46. The fraction of sp³-hybridized carbons (Fsp3) is 0.192. The number of fused-ring (bicyclic) bond motifs is 1. The number of carbonyl (C=O) groups excluding carboxylic acids is 2. The van der Waals surface area contributed by atoms with Crippen molar-refractivity contribution in [3.05, 3.63) is 82.8 Å². The molecular weight excluding hydrogens is 452 g/mol. The third-order valence-electron chi connectivity index (χ3n) is 5.67. The van der Waals surface area contributed by atoms with Gasteiger partial charge in [0.05, 0.1) is 22.4 Å². The fourth-order valence-corrected chi connectivity index (χ4v) is 5.04. The smallest absolute Gasteiger partial charge is 0.302 e. The molecule has 1 unspecified atom stereocenters. The van der Waals surface area contributed by atoms with E-state index in [-0.39, 0.29) is 11.3 Å². The van der Waals surface area contributed by atoms with Crippen LogP contribution in [0.25, 0.3) is 16.0 Å². The van der Waals surface area contributed by atoms with Gasteiger partial charge in [0.1, 0.15) is 29.1 Å². The number of aryl methyl sites for hydroxylation is 2. The van der Waals surface area contributed by atoms with E-state index in [9.17, 15) is 14.7 Å². The standard InChI is InChI=1S/C26H22N2O5S/c1-4-32-17-10-11-18-20(13-17)34-26(27-18)28-22(19-12-7-15(3)33-19)21(24(30)25(28)31)23(29)16-8-5-14(2)6-9-16/h5-13,22,29H,4H2,1-3H3/b23-21+. The number of hydrogen-bond donors (Lipinski definition) is 1. The Hall–Kier alpha value is -3.91. The zero-order chi connectivity index (χ0) is 24.0. The minimum atomic E-state index is -0.943. The lowest BCUT2D eigenvalue weighted by Crippen LogP contribution is -2.29. The van der Waals surface area contributed by atoms with E-state index in [0.717, 1.165) is 10.3 Å². The summed E-state index contributed by atoms with van der Waals surface area (Å²) in [6.45, 7) is 6.14. The molecule has 2 aromatic carbocycles. The Kier molecular flexibility index (Phi) is 5.45. The molecule has 172 valence electrons. The SMILES string of the molecule is CCOc1ccc2nc(N3C(=O)C(=O)/C(=C(/O)c4ccc(C)cc4)C3c3ccc(C)o3)sc2c1. The monoisotopic (exact) mass is 474 g/mol. The number of aliphatic hydroxyl groups excluding tert-OH is 1. The number of ether oxygens (including phenoxy) is 1. The van der Waals surface area contributed by atoms with Crippen LogP contribution in [0.4, 0.5) is 5.13 Å². The minimum absolute atomic E-state index is 0.0301. The number of rotatable bonds is 5. The number of Topliss-reactive ketones (excluding diaryl/α,β-unsaturated/α-hetero) is 1. The number of furan rings is 1. The predicted octanol–water partition coefficient (Wildman–Crippen LogP) is 5.53. The Morgan fingerprint density at radius 3 is 2.56 bits per heavy atom. The molecule has 0 bridgehead atoms. The van der Waals surface area contributed by atoms with Crippen LogP contribution in [0.2, 0.25) is 0 Å². The molecule has 0 aliphatic carbocycles. The maximum atomic E-state index is 13.3. The van der Waals surface area contributed by atoms with Crippen LogP contribution < -0.4 is 9.64 Å². The van der Waals surface area contributed by atoms with Gasteiger partial charge in [0.25, 0.3) is 5.78 Å². The molecule has 1 amide bonds. The number of ketones is 1. The number of nitrogens with zero attached hydrogens (tertiary/aromatic N) is 2. The van der Waals surface area contributed by atoms with E-state index in [4.69, 9.17) is 9.15 Å². The second-order valence-corrected chi connectivity index (χ2v) is 9.05. The van der Waals surface area contributed by atoms with Gasteiger partial charge in [-0.3, -0.25) is 14.5 Å². The first-order valence-electron chi connectivity index (χ1n) is 10.8. The van der Waals surface area contributed by atoms with Crippen molar-refractivity contribution in [2.45, 2.75) is 26.8 Å². The normalized spacial score (nSPS) is 17.6. The molecule has 34 heavy (non-hydrogen) atoms. The average molecular weight is 475 g/mol. The number of aromatic nitrogens is 1. The number of benzene rings is 2. The molecule has 2 aromatic heterocycles. The van der Waals surface area contributed by atoms with Crippen molar-refractivity contribution in [2.24, 2.45) is 0 Å². The Morgan fingerprint density at radius 2 is 1.88 bits per heavy atom. The maximum Gasteiger partial charge on any atom is 0.302 e. The Morgan fingerprint density at radius 1 is 1.12 bits per heavy atom. The molecule has 1 aliphatic rings. The lowest BCUT2D eigenvalue weighted by atomic mass is 9.99. The molecule has 7 nitrogen and oxygen atoms in total. The van der Waals surface area contributed by atoms with Crippen LogP contribution in [0.5, 0.6) is 5.75 Å². The third kappa shape index (κ3) is 3.66. The topological polar surface area (TPSA) is 92.9 Å². The molecule has 0 spiro atoms. The highest BCUT2D eigenvalue weighted by Gasteiger charge is 2.49. The average Bonchev–Trinajstić information content (AvgIpc) is 3.50. The van der Waals surface area contributed by atoms with Crippen molar-refractivity contribution in [2.75, 3.05) is 11.5 Å². The van der Waals surface area contributed by atoms with Crippen molar-refractivity contribution in [3.8, 4) is 5.75 Å². The summed E-state index contributed by atoms with van der Waals surface area (Å²) in [4.78, 5) is 32.4. The highest BCUT2D eigenvalue weighted by atomic mass is 32.1. The van der Waals surface area contributed by atoms with Gasteiger partial charge in [0.2, 0.25) is 0 Å². The molecular formula is C26H22N2O5S. The first-order valence-corrected chi connectivity index (χ1v) is 11.7. The number of carbonyl (C=O) groups is 2. The van der Waals surface area contributed by atoms with E-state index in [1.165, 1.54) is 16.2 Å². The second-order valence-electron chi connectivity index (χ2n) is 8.04. The van der Waals surface area contributed by atoms with Crippen LogP contribution in [0.3, 0.4) is 0 Å². The van der Waals surface area contributed by atoms with Gasteiger partial charge in [-0.05, 0) is 51.1 Å². The third-order valence-corrected chi connectivity index (χ3v) is 6.68. The Balaban J connectivity index is 1.68. The molecule has 5 rings (SSSR count). The van der Waals surface area contributed by atoms with Crippen LogP contribution in [0, 0.1) is 13.8 Å². The predicted molar refractivity (Wildman–Crippen MR) is 130 cm³/mol. The molecule has 0 saturated carbocycles. The summed E-state index contributed by atoms with van der Waals surface area (Å²) < 4.78 is 12.2. The molecule has 1 aliphatic heterocycles. The van der Waals surface area contributed by atoms with Crippen LogP contribution in [0.15, 0.2) is 64.6 Å². The Labute approximate surface area is 199 Å². The van der Waals surface area contributed by atoms with E-state index in [1.807, 2.05) is 44.2 Å². The molecule has 0 radical (unpaired) electrons. The summed E-state index contributed by atoms with van der Waals surface area (Å²) in [5, 5.41) is 11.5. The summed E-state index contributed by atoms with van der Waals surface area (Å²) in [5.41, 5.74) is 2.11. The summed E-state index contributed by atoms with van der Waals surface area (Å²) in [6, 6.07) is 15.1. The van der Waals surface area contributed by atoms with Crippen molar-refractivity contribution >= 4 is 44.1 Å². The lowest BCUT2D eigenvalue weighted by molar-refractivity contribution is -0.132. The van der Waals surface area contributed by atoms with Crippen LogP contribution in [0.1, 0.15) is 35.6 Å². The highest BCUT2D eigenvalue weighted by molar-refractivity contribution is 7.22. The number of amides is 1. The van der Waals surface area contributed by atoms with Crippen LogP contribution in [-0.4, -0.2) is 28.4 Å². The van der Waals surface area contributed by atoms with E-state index >= 15 is 0 Å². The van der Waals surface area contributed by atoms with Gasteiger partial charge in [-0.1, -0.05) is 41.2 Å².